The minimum absolute atomic E-state index is 0.0766. The van der Waals surface area contributed by atoms with Gasteiger partial charge in [-0.3, -0.25) is 9.69 Å². The number of fused-ring (bicyclic) bond motifs is 1. The average Bonchev–Trinajstić information content (AvgIpc) is 2.77. The number of morpholine rings is 1. The van der Waals surface area contributed by atoms with Crippen molar-refractivity contribution in [2.45, 2.75) is 13.5 Å². The van der Waals surface area contributed by atoms with Crippen LogP contribution < -0.4 is 5.43 Å². The van der Waals surface area contributed by atoms with Gasteiger partial charge in [0.1, 0.15) is 5.56 Å². The summed E-state index contributed by atoms with van der Waals surface area (Å²) in [7, 11) is 0. The van der Waals surface area contributed by atoms with Crippen LogP contribution in [0.2, 0.25) is 0 Å². The number of rotatable bonds is 5. The van der Waals surface area contributed by atoms with Gasteiger partial charge in [-0.2, -0.15) is 0 Å². The predicted octanol–water partition coefficient (Wildman–Crippen LogP) is 3.48. The summed E-state index contributed by atoms with van der Waals surface area (Å²) in [4.78, 5) is 30.2. The summed E-state index contributed by atoms with van der Waals surface area (Å²) in [6.07, 6.45) is 1.32. The lowest BCUT2D eigenvalue weighted by atomic mass is 9.96. The van der Waals surface area contributed by atoms with Crippen molar-refractivity contribution in [2.75, 3.05) is 32.9 Å². The number of aromatic amines is 1. The van der Waals surface area contributed by atoms with Crippen LogP contribution >= 0.6 is 0 Å². The van der Waals surface area contributed by atoms with Crippen LogP contribution in [0.25, 0.3) is 22.0 Å². The highest BCUT2D eigenvalue weighted by molar-refractivity contribution is 5.95. The van der Waals surface area contributed by atoms with Crippen LogP contribution in [0.4, 0.5) is 8.78 Å². The topological polar surface area (TPSA) is 71.6 Å². The van der Waals surface area contributed by atoms with Crippen molar-refractivity contribution in [1.82, 2.24) is 9.88 Å². The Morgan fingerprint density at radius 2 is 1.94 bits per heavy atom. The molecule has 1 N–H and O–H groups in total. The van der Waals surface area contributed by atoms with Crippen molar-refractivity contribution >= 4 is 16.9 Å². The Bertz CT molecular complexity index is 1190. The molecule has 1 saturated heterocycles. The van der Waals surface area contributed by atoms with Crippen molar-refractivity contribution < 1.29 is 23.0 Å². The molecule has 0 amide bonds. The molecule has 3 aromatic rings. The second-order valence-electron chi connectivity index (χ2n) is 7.32. The Kier molecular flexibility index (Phi) is 6.11. The number of pyridine rings is 1. The van der Waals surface area contributed by atoms with Gasteiger partial charge in [-0.05, 0) is 47.9 Å². The fourth-order valence-electron chi connectivity index (χ4n) is 3.74. The zero-order valence-electron chi connectivity index (χ0n) is 17.0. The predicted molar refractivity (Wildman–Crippen MR) is 112 cm³/mol. The van der Waals surface area contributed by atoms with E-state index in [1.165, 1.54) is 12.3 Å². The molecule has 6 nitrogen and oxygen atoms in total. The van der Waals surface area contributed by atoms with Gasteiger partial charge in [0.05, 0.1) is 19.8 Å². The number of ether oxygens (including phenoxy) is 2. The van der Waals surface area contributed by atoms with E-state index in [0.29, 0.717) is 54.9 Å². The van der Waals surface area contributed by atoms with E-state index >= 15 is 0 Å². The first-order valence-corrected chi connectivity index (χ1v) is 10.1. The Hall–Kier alpha value is -3.10. The molecular formula is C23H22F2N2O4. The van der Waals surface area contributed by atoms with Crippen molar-refractivity contribution in [1.29, 1.82) is 0 Å². The number of hydrogen-bond donors (Lipinski definition) is 1. The largest absolute Gasteiger partial charge is 0.462 e. The Balaban J connectivity index is 1.86. The maximum absolute atomic E-state index is 13.9. The molecular weight excluding hydrogens is 406 g/mol. The number of aromatic nitrogens is 1. The van der Waals surface area contributed by atoms with E-state index in [2.05, 4.69) is 9.88 Å². The van der Waals surface area contributed by atoms with Crippen molar-refractivity contribution in [3.8, 4) is 11.1 Å². The molecule has 0 unspecified atom stereocenters. The van der Waals surface area contributed by atoms with Gasteiger partial charge in [-0.25, -0.2) is 13.6 Å². The van der Waals surface area contributed by atoms with E-state index in [4.69, 9.17) is 9.47 Å². The molecule has 1 aromatic heterocycles. The van der Waals surface area contributed by atoms with Crippen LogP contribution in [0.5, 0.6) is 0 Å². The van der Waals surface area contributed by atoms with E-state index in [1.54, 1.807) is 19.1 Å². The molecule has 8 heteroatoms. The van der Waals surface area contributed by atoms with Gasteiger partial charge < -0.3 is 14.5 Å². The molecule has 0 bridgehead atoms. The Morgan fingerprint density at radius 1 is 1.16 bits per heavy atom. The standard InChI is InChI=1S/C23H22F2N2O4/c1-2-31-23(29)18-12-26-21-11-16(14-3-4-19(24)20(25)10-14)15(9-17(21)22(18)28)13-27-5-7-30-8-6-27/h3-4,9-12H,2,5-8,13H2,1H3,(H,26,28). The minimum Gasteiger partial charge on any atom is -0.462 e. The second-order valence-corrected chi connectivity index (χ2v) is 7.32. The van der Waals surface area contributed by atoms with Crippen LogP contribution in [0, 0.1) is 11.6 Å². The summed E-state index contributed by atoms with van der Waals surface area (Å²) < 4.78 is 37.8. The van der Waals surface area contributed by atoms with Gasteiger partial charge in [0.15, 0.2) is 11.6 Å². The zero-order chi connectivity index (χ0) is 22.0. The summed E-state index contributed by atoms with van der Waals surface area (Å²) in [5.74, 6) is -2.56. The summed E-state index contributed by atoms with van der Waals surface area (Å²) in [5.41, 5.74) is 1.92. The fourth-order valence-corrected chi connectivity index (χ4v) is 3.74. The number of H-pyrrole nitrogens is 1. The lowest BCUT2D eigenvalue weighted by molar-refractivity contribution is 0.0342. The number of nitrogens with zero attached hydrogens (tertiary/aromatic N) is 1. The molecule has 2 heterocycles. The molecule has 1 aliphatic rings. The first kappa shape index (κ1) is 21.1. The van der Waals surface area contributed by atoms with Crippen LogP contribution in [0.15, 0.2) is 41.3 Å². The number of hydrogen-bond acceptors (Lipinski definition) is 5. The molecule has 0 radical (unpaired) electrons. The van der Waals surface area contributed by atoms with Crippen LogP contribution in [0.1, 0.15) is 22.8 Å². The second kappa shape index (κ2) is 8.95. The molecule has 162 valence electrons. The number of nitrogens with one attached hydrogen (secondary N) is 1. The fraction of sp³-hybridized carbons (Fsp3) is 0.304. The number of carbonyl (C=O) groups is 1. The number of benzene rings is 2. The lowest BCUT2D eigenvalue weighted by Crippen LogP contribution is -2.35. The Morgan fingerprint density at radius 3 is 2.65 bits per heavy atom. The van der Waals surface area contributed by atoms with Crippen molar-refractivity contribution in [3.05, 3.63) is 69.5 Å². The molecule has 0 spiro atoms. The molecule has 4 rings (SSSR count). The van der Waals surface area contributed by atoms with E-state index < -0.39 is 23.0 Å². The third-order valence-corrected chi connectivity index (χ3v) is 5.33. The first-order valence-electron chi connectivity index (χ1n) is 10.1. The van der Waals surface area contributed by atoms with Gasteiger partial charge in [0.2, 0.25) is 5.43 Å². The third kappa shape index (κ3) is 4.35. The first-order chi connectivity index (χ1) is 15.0. The minimum atomic E-state index is -0.943. The number of esters is 1. The molecule has 0 aliphatic carbocycles. The highest BCUT2D eigenvalue weighted by Gasteiger charge is 2.19. The highest BCUT2D eigenvalue weighted by atomic mass is 19.2. The average molecular weight is 428 g/mol. The zero-order valence-corrected chi connectivity index (χ0v) is 17.0. The smallest absolute Gasteiger partial charge is 0.343 e. The quantitative estimate of drug-likeness (QED) is 0.630. The van der Waals surface area contributed by atoms with E-state index in [9.17, 15) is 18.4 Å². The van der Waals surface area contributed by atoms with Gasteiger partial charge in [-0.15, -0.1) is 0 Å². The summed E-state index contributed by atoms with van der Waals surface area (Å²) >= 11 is 0. The molecule has 2 aromatic carbocycles. The molecule has 0 atom stereocenters. The molecule has 1 aliphatic heterocycles. The van der Waals surface area contributed by atoms with Crippen LogP contribution in [-0.4, -0.2) is 48.8 Å². The maximum Gasteiger partial charge on any atom is 0.343 e. The van der Waals surface area contributed by atoms with Crippen molar-refractivity contribution in [3.63, 3.8) is 0 Å². The Labute approximate surface area is 177 Å². The monoisotopic (exact) mass is 428 g/mol. The SMILES string of the molecule is CCOC(=O)c1c[nH]c2cc(-c3ccc(F)c(F)c3)c(CN3CCOCC3)cc2c1=O. The van der Waals surface area contributed by atoms with Crippen molar-refractivity contribution in [2.24, 2.45) is 0 Å². The van der Waals surface area contributed by atoms with E-state index in [-0.39, 0.29) is 12.2 Å². The normalized spacial score (nSPS) is 14.7. The maximum atomic E-state index is 13.9. The highest BCUT2D eigenvalue weighted by Crippen LogP contribution is 2.30. The molecule has 0 saturated carbocycles. The van der Waals surface area contributed by atoms with E-state index in [0.717, 1.165) is 17.7 Å². The van der Waals surface area contributed by atoms with Gasteiger partial charge in [0.25, 0.3) is 0 Å². The van der Waals surface area contributed by atoms with Crippen LogP contribution in [-0.2, 0) is 16.0 Å². The van der Waals surface area contributed by atoms with Crippen LogP contribution in [0.3, 0.4) is 0 Å². The third-order valence-electron chi connectivity index (χ3n) is 5.33. The number of carbonyl (C=O) groups excluding carboxylic acids is 1. The van der Waals surface area contributed by atoms with Gasteiger partial charge >= 0.3 is 5.97 Å². The summed E-state index contributed by atoms with van der Waals surface area (Å²) in [6.45, 7) is 4.96. The summed E-state index contributed by atoms with van der Waals surface area (Å²) in [5, 5.41) is 0.333. The summed E-state index contributed by atoms with van der Waals surface area (Å²) in [6, 6.07) is 7.18. The van der Waals surface area contributed by atoms with E-state index in [1.807, 2.05) is 0 Å². The number of halogens is 2. The molecule has 31 heavy (non-hydrogen) atoms. The van der Waals surface area contributed by atoms with Gasteiger partial charge in [-0.1, -0.05) is 6.07 Å². The molecule has 1 fully saturated rings. The lowest BCUT2D eigenvalue weighted by Gasteiger charge is -2.27. The van der Waals surface area contributed by atoms with Gasteiger partial charge in [0, 0.05) is 36.7 Å².